The van der Waals surface area contributed by atoms with Crippen LogP contribution in [0.3, 0.4) is 0 Å². The molecule has 2 aromatic rings. The number of para-hydroxylation sites is 1. The fourth-order valence-corrected chi connectivity index (χ4v) is 2.17. The van der Waals surface area contributed by atoms with E-state index in [1.165, 1.54) is 7.11 Å². The molecule has 2 rings (SSSR count). The third-order valence-electron chi connectivity index (χ3n) is 3.05. The van der Waals surface area contributed by atoms with Gasteiger partial charge in [0.15, 0.2) is 6.29 Å². The van der Waals surface area contributed by atoms with E-state index in [9.17, 15) is 9.59 Å². The van der Waals surface area contributed by atoms with Gasteiger partial charge in [0, 0.05) is 17.1 Å². The van der Waals surface area contributed by atoms with E-state index in [0.29, 0.717) is 5.56 Å². The number of carbonyl (C=O) groups is 2. The molecule has 4 nitrogen and oxygen atoms in total. The highest BCUT2D eigenvalue weighted by Crippen LogP contribution is 2.24. The molecular formula is C14H15NO3. The van der Waals surface area contributed by atoms with Crippen molar-refractivity contribution in [3.05, 3.63) is 35.5 Å². The molecule has 1 heterocycles. The average Bonchev–Trinajstić information content (AvgIpc) is 2.76. The lowest BCUT2D eigenvalue weighted by atomic mass is 10.1. The van der Waals surface area contributed by atoms with Crippen LogP contribution in [0.25, 0.3) is 10.9 Å². The van der Waals surface area contributed by atoms with Crippen LogP contribution < -0.4 is 0 Å². The number of hydrogen-bond acceptors (Lipinski definition) is 3. The van der Waals surface area contributed by atoms with Gasteiger partial charge in [-0.1, -0.05) is 25.1 Å². The Balaban J connectivity index is 2.64. The average molecular weight is 245 g/mol. The first kappa shape index (κ1) is 12.4. The standard InChI is InChI=1S/C14H15NO3/c1-3-10-5-4-6-12-11(9-16)7-15(14(10)12)8-13(17)18-2/h4-7,9H,3,8H2,1-2H3. The number of ether oxygens (including phenoxy) is 1. The normalized spacial score (nSPS) is 10.6. The summed E-state index contributed by atoms with van der Waals surface area (Å²) in [6.45, 7) is 2.17. The molecule has 0 saturated heterocycles. The quantitative estimate of drug-likeness (QED) is 0.612. The zero-order chi connectivity index (χ0) is 13.1. The molecule has 1 aromatic carbocycles. The minimum absolute atomic E-state index is 0.123. The van der Waals surface area contributed by atoms with Crippen molar-refractivity contribution in [2.24, 2.45) is 0 Å². The molecule has 4 heteroatoms. The monoisotopic (exact) mass is 245 g/mol. The van der Waals surface area contributed by atoms with E-state index in [0.717, 1.165) is 29.2 Å². The van der Waals surface area contributed by atoms with Crippen molar-refractivity contribution in [3.8, 4) is 0 Å². The molecule has 0 aliphatic carbocycles. The van der Waals surface area contributed by atoms with E-state index in [4.69, 9.17) is 0 Å². The molecule has 0 unspecified atom stereocenters. The summed E-state index contributed by atoms with van der Waals surface area (Å²) >= 11 is 0. The number of benzene rings is 1. The molecule has 0 amide bonds. The first-order valence-corrected chi connectivity index (χ1v) is 5.84. The molecule has 0 radical (unpaired) electrons. The number of hydrogen-bond donors (Lipinski definition) is 0. The summed E-state index contributed by atoms with van der Waals surface area (Å²) in [6.07, 6.45) is 3.37. The summed E-state index contributed by atoms with van der Waals surface area (Å²) in [5.41, 5.74) is 2.65. The zero-order valence-corrected chi connectivity index (χ0v) is 10.5. The third kappa shape index (κ3) is 2.01. The first-order chi connectivity index (χ1) is 8.71. The second kappa shape index (κ2) is 5.04. The summed E-state index contributed by atoms with van der Waals surface area (Å²) in [5, 5.41) is 0.883. The van der Waals surface area contributed by atoms with E-state index in [2.05, 4.69) is 4.74 Å². The molecule has 0 aliphatic rings. The number of methoxy groups -OCH3 is 1. The van der Waals surface area contributed by atoms with Gasteiger partial charge in [-0.3, -0.25) is 9.59 Å². The maximum atomic E-state index is 11.4. The number of rotatable bonds is 4. The van der Waals surface area contributed by atoms with Gasteiger partial charge in [0.1, 0.15) is 6.54 Å². The van der Waals surface area contributed by atoms with Crippen LogP contribution in [0.5, 0.6) is 0 Å². The molecule has 0 spiro atoms. The molecule has 1 aromatic heterocycles. The molecule has 0 aliphatic heterocycles. The predicted octanol–water partition coefficient (Wildman–Crippen LogP) is 2.19. The number of esters is 1. The van der Waals surface area contributed by atoms with Crippen molar-refractivity contribution < 1.29 is 14.3 Å². The van der Waals surface area contributed by atoms with Crippen molar-refractivity contribution in [2.75, 3.05) is 7.11 Å². The van der Waals surface area contributed by atoms with E-state index < -0.39 is 0 Å². The van der Waals surface area contributed by atoms with Crippen LogP contribution in [0.15, 0.2) is 24.4 Å². The van der Waals surface area contributed by atoms with Gasteiger partial charge in [-0.15, -0.1) is 0 Å². The van der Waals surface area contributed by atoms with Crippen LogP contribution in [0.4, 0.5) is 0 Å². The molecule has 0 fully saturated rings. The van der Waals surface area contributed by atoms with Gasteiger partial charge in [0.05, 0.1) is 12.6 Å². The Morgan fingerprint density at radius 1 is 1.44 bits per heavy atom. The van der Waals surface area contributed by atoms with Crippen LogP contribution >= 0.6 is 0 Å². The van der Waals surface area contributed by atoms with Crippen molar-refractivity contribution >= 4 is 23.2 Å². The Kier molecular flexibility index (Phi) is 3.46. The van der Waals surface area contributed by atoms with Gasteiger partial charge in [-0.05, 0) is 12.0 Å². The topological polar surface area (TPSA) is 48.3 Å². The van der Waals surface area contributed by atoms with Gasteiger partial charge < -0.3 is 9.30 Å². The number of aldehydes is 1. The lowest BCUT2D eigenvalue weighted by Crippen LogP contribution is -2.11. The minimum atomic E-state index is -0.324. The van der Waals surface area contributed by atoms with Crippen LogP contribution in [0, 0.1) is 0 Å². The summed E-state index contributed by atoms with van der Waals surface area (Å²) in [4.78, 5) is 22.4. The van der Waals surface area contributed by atoms with Gasteiger partial charge in [0.25, 0.3) is 0 Å². The van der Waals surface area contributed by atoms with Crippen molar-refractivity contribution in [1.82, 2.24) is 4.57 Å². The Morgan fingerprint density at radius 2 is 2.22 bits per heavy atom. The van der Waals surface area contributed by atoms with Gasteiger partial charge in [0.2, 0.25) is 0 Å². The van der Waals surface area contributed by atoms with Crippen LogP contribution in [-0.2, 0) is 22.5 Å². The molecule has 0 atom stereocenters. The van der Waals surface area contributed by atoms with Crippen LogP contribution in [0.2, 0.25) is 0 Å². The Hall–Kier alpha value is -2.10. The fraction of sp³-hybridized carbons (Fsp3) is 0.286. The molecule has 0 N–H and O–H groups in total. The Labute approximate surface area is 105 Å². The SMILES string of the molecule is CCc1cccc2c(C=O)cn(CC(=O)OC)c12. The smallest absolute Gasteiger partial charge is 0.325 e. The fourth-order valence-electron chi connectivity index (χ4n) is 2.17. The van der Waals surface area contributed by atoms with Crippen molar-refractivity contribution in [3.63, 3.8) is 0 Å². The molecule has 0 saturated carbocycles. The molecule has 0 bridgehead atoms. The first-order valence-electron chi connectivity index (χ1n) is 5.84. The number of nitrogens with zero attached hydrogens (tertiary/aromatic N) is 1. The molecule has 94 valence electrons. The van der Waals surface area contributed by atoms with Gasteiger partial charge in [-0.25, -0.2) is 0 Å². The highest BCUT2D eigenvalue weighted by Gasteiger charge is 2.13. The second-order valence-corrected chi connectivity index (χ2v) is 4.07. The highest BCUT2D eigenvalue weighted by atomic mass is 16.5. The number of aryl methyl sites for hydroxylation is 1. The lowest BCUT2D eigenvalue weighted by molar-refractivity contribution is -0.141. The van der Waals surface area contributed by atoms with Crippen LogP contribution in [-0.4, -0.2) is 23.9 Å². The zero-order valence-electron chi connectivity index (χ0n) is 10.5. The van der Waals surface area contributed by atoms with Gasteiger partial charge in [-0.2, -0.15) is 0 Å². The van der Waals surface area contributed by atoms with Crippen molar-refractivity contribution in [1.29, 1.82) is 0 Å². The van der Waals surface area contributed by atoms with Crippen LogP contribution in [0.1, 0.15) is 22.8 Å². The third-order valence-corrected chi connectivity index (χ3v) is 3.05. The van der Waals surface area contributed by atoms with Crippen molar-refractivity contribution in [2.45, 2.75) is 19.9 Å². The number of aromatic nitrogens is 1. The molecule has 18 heavy (non-hydrogen) atoms. The molecular weight excluding hydrogens is 230 g/mol. The largest absolute Gasteiger partial charge is 0.468 e. The van der Waals surface area contributed by atoms with E-state index in [1.807, 2.05) is 25.1 Å². The maximum absolute atomic E-state index is 11.4. The maximum Gasteiger partial charge on any atom is 0.325 e. The van der Waals surface area contributed by atoms with E-state index >= 15 is 0 Å². The summed E-state index contributed by atoms with van der Waals surface area (Å²) in [5.74, 6) is -0.324. The number of fused-ring (bicyclic) bond motifs is 1. The Morgan fingerprint density at radius 3 is 2.83 bits per heavy atom. The summed E-state index contributed by atoms with van der Waals surface area (Å²) in [7, 11) is 1.36. The lowest BCUT2D eigenvalue weighted by Gasteiger charge is -2.07. The summed E-state index contributed by atoms with van der Waals surface area (Å²) in [6, 6.07) is 5.83. The number of carbonyl (C=O) groups excluding carboxylic acids is 2. The minimum Gasteiger partial charge on any atom is -0.468 e. The highest BCUT2D eigenvalue weighted by molar-refractivity contribution is 5.99. The predicted molar refractivity (Wildman–Crippen MR) is 68.7 cm³/mol. The Bertz CT molecular complexity index is 598. The van der Waals surface area contributed by atoms with Gasteiger partial charge >= 0.3 is 5.97 Å². The second-order valence-electron chi connectivity index (χ2n) is 4.07. The van der Waals surface area contributed by atoms with E-state index in [1.54, 1.807) is 10.8 Å². The summed E-state index contributed by atoms with van der Waals surface area (Å²) < 4.78 is 6.45. The van der Waals surface area contributed by atoms with E-state index in [-0.39, 0.29) is 12.5 Å².